The summed E-state index contributed by atoms with van der Waals surface area (Å²) in [5.41, 5.74) is 16.4. The highest BCUT2D eigenvalue weighted by Crippen LogP contribution is 2.36. The first-order valence-electron chi connectivity index (χ1n) is 31.3. The Morgan fingerprint density at radius 1 is 0.258 bits per heavy atom. The molecule has 0 amide bonds. The van der Waals surface area contributed by atoms with Crippen LogP contribution in [0.25, 0.3) is 47.9 Å². The summed E-state index contributed by atoms with van der Waals surface area (Å²) in [6.45, 7) is 13.4. The third-order valence-electron chi connectivity index (χ3n) is 16.7. The second kappa shape index (κ2) is 31.2. The molecule has 14 rings (SSSR count). The number of fused-ring (bicyclic) bond motifs is 4. The highest BCUT2D eigenvalue weighted by atomic mass is 16.5. The molecular formula is C86H80N6O. The van der Waals surface area contributed by atoms with Crippen LogP contribution >= 0.6 is 0 Å². The molecule has 0 heterocycles. The van der Waals surface area contributed by atoms with Gasteiger partial charge < -0.3 is 29.2 Å². The summed E-state index contributed by atoms with van der Waals surface area (Å²) in [4.78, 5) is 14.4. The molecule has 0 aliphatic heterocycles. The van der Waals surface area contributed by atoms with Crippen molar-refractivity contribution in [1.29, 1.82) is 0 Å². The van der Waals surface area contributed by atoms with Gasteiger partial charge in [0.15, 0.2) is 5.69 Å². The van der Waals surface area contributed by atoms with Gasteiger partial charge in [-0.1, -0.05) is 218 Å². The van der Waals surface area contributed by atoms with Crippen LogP contribution in [0, 0.1) is 27.3 Å². The number of methoxy groups -OCH3 is 1. The zero-order valence-electron chi connectivity index (χ0n) is 54.7. The highest BCUT2D eigenvalue weighted by Gasteiger charge is 2.12. The first-order valence-corrected chi connectivity index (χ1v) is 31.3. The van der Waals surface area contributed by atoms with Crippen molar-refractivity contribution in [2.45, 2.75) is 20.8 Å². The maximum absolute atomic E-state index is 6.99. The lowest BCUT2D eigenvalue weighted by molar-refractivity contribution is 0.415. The zero-order chi connectivity index (χ0) is 65.1. The van der Waals surface area contributed by atoms with Gasteiger partial charge in [0.05, 0.1) is 13.7 Å². The molecule has 0 saturated heterocycles. The molecule has 0 fully saturated rings. The van der Waals surface area contributed by atoms with Gasteiger partial charge in [0.25, 0.3) is 0 Å². The Labute approximate surface area is 550 Å². The van der Waals surface area contributed by atoms with Gasteiger partial charge in [0.2, 0.25) is 0 Å². The lowest BCUT2D eigenvalue weighted by atomic mass is 10.1. The second-order valence-corrected chi connectivity index (χ2v) is 23.0. The molecule has 0 N–H and O–H groups in total. The van der Waals surface area contributed by atoms with Crippen molar-refractivity contribution in [1.82, 2.24) is 0 Å². The highest BCUT2D eigenvalue weighted by molar-refractivity contribution is 5.99. The molecule has 7 heteroatoms. The van der Waals surface area contributed by atoms with E-state index in [4.69, 9.17) is 11.3 Å². The minimum Gasteiger partial charge on any atom is -0.497 e. The Morgan fingerprint density at radius 3 is 0.914 bits per heavy atom. The van der Waals surface area contributed by atoms with E-state index >= 15 is 0 Å². The van der Waals surface area contributed by atoms with E-state index in [2.05, 4.69) is 333 Å². The Kier molecular flexibility index (Phi) is 21.6. The fourth-order valence-electron chi connectivity index (χ4n) is 11.4. The molecule has 0 atom stereocenters. The molecule has 0 unspecified atom stereocenters. The average molecular weight is 1210 g/mol. The van der Waals surface area contributed by atoms with E-state index in [1.54, 1.807) is 7.11 Å². The largest absolute Gasteiger partial charge is 0.497 e. The summed E-state index contributed by atoms with van der Waals surface area (Å²) in [6, 6.07) is 111. The summed E-state index contributed by atoms with van der Waals surface area (Å²) in [5, 5.41) is 10.2. The summed E-state index contributed by atoms with van der Waals surface area (Å²) in [5.74, 6) is 0.875. The molecular weight excluding hydrogens is 1130 g/mol. The van der Waals surface area contributed by atoms with E-state index < -0.39 is 0 Å². The fraction of sp³-hybridized carbons (Fsp3) is 0.105. The van der Waals surface area contributed by atoms with Crippen LogP contribution in [-0.4, -0.2) is 42.3 Å². The summed E-state index contributed by atoms with van der Waals surface area (Å²) >= 11 is 0. The number of para-hydroxylation sites is 1. The van der Waals surface area contributed by atoms with Crippen molar-refractivity contribution in [3.63, 3.8) is 0 Å². The van der Waals surface area contributed by atoms with Crippen LogP contribution < -0.4 is 29.2 Å². The molecule has 14 aromatic carbocycles. The van der Waals surface area contributed by atoms with Gasteiger partial charge >= 0.3 is 0 Å². The van der Waals surface area contributed by atoms with Gasteiger partial charge in [-0.15, -0.1) is 0 Å². The molecule has 0 aromatic heterocycles. The van der Waals surface area contributed by atoms with Crippen LogP contribution in [0.2, 0.25) is 0 Å². The van der Waals surface area contributed by atoms with Gasteiger partial charge in [-0.25, -0.2) is 4.85 Å². The Balaban J connectivity index is 0.000000127. The number of rotatable bonds is 11. The molecule has 7 nitrogen and oxygen atoms in total. The molecule has 0 aliphatic rings. The van der Waals surface area contributed by atoms with E-state index in [0.29, 0.717) is 5.69 Å². The van der Waals surface area contributed by atoms with Gasteiger partial charge in [0, 0.05) is 114 Å². The van der Waals surface area contributed by atoms with Crippen molar-refractivity contribution in [2.24, 2.45) is 0 Å². The number of benzene rings is 14. The van der Waals surface area contributed by atoms with Crippen LogP contribution in [0.1, 0.15) is 16.7 Å². The molecule has 0 aliphatic carbocycles. The molecule has 0 bridgehead atoms. The second-order valence-electron chi connectivity index (χ2n) is 23.0. The summed E-state index contributed by atoms with van der Waals surface area (Å²) < 4.78 is 5.21. The van der Waals surface area contributed by atoms with Gasteiger partial charge in [-0.05, 0) is 163 Å². The number of anilines is 10. The van der Waals surface area contributed by atoms with Crippen molar-refractivity contribution in [2.75, 3.05) is 66.8 Å². The van der Waals surface area contributed by atoms with Crippen molar-refractivity contribution in [3.8, 4) is 5.75 Å². The van der Waals surface area contributed by atoms with Crippen molar-refractivity contribution in [3.05, 3.63) is 350 Å². The monoisotopic (exact) mass is 1210 g/mol. The Bertz CT molecular complexity index is 4620. The average Bonchev–Trinajstić information content (AvgIpc) is 0.958. The Hall–Kier alpha value is -11.6. The molecule has 93 heavy (non-hydrogen) atoms. The van der Waals surface area contributed by atoms with E-state index in [-0.39, 0.29) is 0 Å². The van der Waals surface area contributed by atoms with Crippen LogP contribution in [0.4, 0.5) is 62.6 Å². The predicted octanol–water partition coefficient (Wildman–Crippen LogP) is 23.4. The van der Waals surface area contributed by atoms with Gasteiger partial charge in [-0.3, -0.25) is 0 Å². The fourth-order valence-corrected chi connectivity index (χ4v) is 11.4. The van der Waals surface area contributed by atoms with Gasteiger partial charge in [-0.2, -0.15) is 0 Å². The topological polar surface area (TPSA) is 29.8 Å². The predicted molar refractivity (Wildman–Crippen MR) is 402 cm³/mol. The number of hydrogen-bond donors (Lipinski definition) is 0. The lowest BCUT2D eigenvalue weighted by Crippen LogP contribution is -2.09. The van der Waals surface area contributed by atoms with E-state index in [1.807, 2.05) is 73.8 Å². The third-order valence-corrected chi connectivity index (χ3v) is 16.7. The molecule has 0 saturated carbocycles. The number of ether oxygens (including phenoxy) is 1. The normalized spacial score (nSPS) is 10.4. The minimum absolute atomic E-state index is 0.667. The Morgan fingerprint density at radius 2 is 0.548 bits per heavy atom. The smallest absolute Gasteiger partial charge is 0.189 e. The molecule has 0 spiro atoms. The quantitative estimate of drug-likeness (QED) is 0.120. The van der Waals surface area contributed by atoms with E-state index in [9.17, 15) is 0 Å². The molecule has 0 radical (unpaired) electrons. The molecule has 460 valence electrons. The van der Waals surface area contributed by atoms with Gasteiger partial charge in [0.1, 0.15) is 5.75 Å². The first kappa shape index (κ1) is 64.4. The maximum atomic E-state index is 6.99. The van der Waals surface area contributed by atoms with E-state index in [1.165, 1.54) is 99.6 Å². The van der Waals surface area contributed by atoms with Crippen LogP contribution in [-0.2, 0) is 0 Å². The van der Waals surface area contributed by atoms with Crippen LogP contribution in [0.15, 0.2) is 322 Å². The van der Waals surface area contributed by atoms with Crippen LogP contribution in [0.5, 0.6) is 5.75 Å². The molecule has 14 aromatic rings. The maximum Gasteiger partial charge on any atom is 0.189 e. The third kappa shape index (κ3) is 16.3. The van der Waals surface area contributed by atoms with Crippen molar-refractivity contribution >= 4 is 106 Å². The zero-order valence-corrected chi connectivity index (χ0v) is 54.7. The number of aryl methyl sites for hydroxylation is 3. The van der Waals surface area contributed by atoms with Crippen LogP contribution in [0.3, 0.4) is 0 Å². The first-order chi connectivity index (χ1) is 45.4. The summed E-state index contributed by atoms with van der Waals surface area (Å²) in [6.07, 6.45) is 0. The lowest BCUT2D eigenvalue weighted by Gasteiger charge is -2.21. The minimum atomic E-state index is 0.667. The number of nitrogens with zero attached hydrogens (tertiary/aromatic N) is 6. The van der Waals surface area contributed by atoms with Crippen molar-refractivity contribution < 1.29 is 4.74 Å². The number of hydrogen-bond acceptors (Lipinski definition) is 6. The SMILES string of the molecule is COc1ccc(N(C)c2cccc3ccccc23)cc1.Cc1ccc(N(C)c2cccc3ccccc23)cc1.Cc1cccc(N(C)c2cccc3ccccc23)c1.Cc1cccc(N(C)c2cccc3ccccc23)c1.[C-]#[N+]c1cccc(N(C)c2ccccc2)c1. The standard InChI is InChI=1S/C18H17NO.3C18H17N.C14H12N2/c1-19(15-10-12-16(20-2)13-11-15)18-9-5-7-14-6-3-4-8-17(14)18;2*1-14-7-5-10-16(13-14)19(2)18-12-6-9-15-8-3-4-11-17(15)18;1-14-10-12-16(13-11-14)19(2)18-9-5-7-15-6-3-4-8-17(15)18;1-15-12-7-6-10-14(11-12)16(2)13-8-4-3-5-9-13/h3-13H,1-2H3;3*3-13H,1-2H3;3-11H,2H3. The summed E-state index contributed by atoms with van der Waals surface area (Å²) in [7, 11) is 12.1. The van der Waals surface area contributed by atoms with E-state index in [0.717, 1.165) is 22.8 Å².